The number of aliphatic hydroxyl groups is 1. The van der Waals surface area contributed by atoms with E-state index in [1.807, 2.05) is 0 Å². The number of ketones is 3. The molecule has 0 fully saturated rings. The number of Topliss-reactive ketones (excluding diaryl/α,β-unsaturated/α-hetero) is 3. The van der Waals surface area contributed by atoms with Gasteiger partial charge >= 0.3 is 0 Å². The molecule has 0 aliphatic heterocycles. The second kappa shape index (κ2) is 46.9. The van der Waals surface area contributed by atoms with E-state index in [0.29, 0.717) is 19.3 Å². The van der Waals surface area contributed by atoms with Gasteiger partial charge in [0.25, 0.3) is 0 Å². The summed E-state index contributed by atoms with van der Waals surface area (Å²) in [5.41, 5.74) is 3.94. The normalized spacial score (nSPS) is 12.7. The maximum Gasteiger partial charge on any atom is 0.190 e. The Bertz CT molecular complexity index is 901. The van der Waals surface area contributed by atoms with Gasteiger partial charge in [0.1, 0.15) is 17.5 Å². The quantitative estimate of drug-likeness (QED) is 0.0361. The van der Waals surface area contributed by atoms with Crippen molar-refractivity contribution in [2.75, 3.05) is 0 Å². The standard InChI is InChI=1S/C56H109NO4/c1-4-7-10-13-16-19-22-25-28-31-34-37-40-43-46-49-52(58)55(53(59)50-47-44-41-38-35-32-29-26-23-20-17-14-11-8-5-2)56(57,61)54(60)51-48-45-42-39-36-33-30-27-24-21-18-15-12-9-6-3/h55,61H,4-51,57H2,1-3H3. The Hall–Kier alpha value is -1.07. The van der Waals surface area contributed by atoms with Crippen LogP contribution >= 0.6 is 0 Å². The van der Waals surface area contributed by atoms with E-state index in [0.717, 1.165) is 44.9 Å². The van der Waals surface area contributed by atoms with E-state index >= 15 is 0 Å². The maximum absolute atomic E-state index is 13.6. The minimum absolute atomic E-state index is 0.125. The summed E-state index contributed by atoms with van der Waals surface area (Å²) in [6.45, 7) is 6.81. The molecule has 0 radical (unpaired) electrons. The van der Waals surface area contributed by atoms with E-state index in [1.54, 1.807) is 0 Å². The van der Waals surface area contributed by atoms with Crippen LogP contribution in [0, 0.1) is 5.92 Å². The molecule has 0 aliphatic carbocycles. The monoisotopic (exact) mass is 860 g/mol. The van der Waals surface area contributed by atoms with Crippen LogP contribution in [0.15, 0.2) is 0 Å². The summed E-state index contributed by atoms with van der Waals surface area (Å²) in [7, 11) is 0. The predicted molar refractivity (Wildman–Crippen MR) is 266 cm³/mol. The molecule has 0 aromatic heterocycles. The number of nitrogens with two attached hydrogens (primary N) is 1. The lowest BCUT2D eigenvalue weighted by molar-refractivity contribution is -0.156. The van der Waals surface area contributed by atoms with Crippen LogP contribution in [0.3, 0.4) is 0 Å². The zero-order valence-corrected chi connectivity index (χ0v) is 41.8. The molecule has 5 heteroatoms. The Morgan fingerprint density at radius 1 is 0.311 bits per heavy atom. The SMILES string of the molecule is CCCCCCCCCCCCCCCCCC(=O)C(C(=O)CCCCCCCCCCCCCCCCC)C(N)(O)C(=O)CCCCCCCCCCCCCCCCC. The molecule has 1 unspecified atom stereocenters. The fourth-order valence-electron chi connectivity index (χ4n) is 9.32. The molecule has 0 spiro atoms. The first-order chi connectivity index (χ1) is 29.8. The van der Waals surface area contributed by atoms with E-state index in [9.17, 15) is 19.5 Å². The van der Waals surface area contributed by atoms with Crippen molar-refractivity contribution in [3.05, 3.63) is 0 Å². The summed E-state index contributed by atoms with van der Waals surface area (Å²) in [5.74, 6) is -2.65. The van der Waals surface area contributed by atoms with E-state index in [2.05, 4.69) is 20.8 Å². The highest BCUT2D eigenvalue weighted by Crippen LogP contribution is 2.25. The summed E-state index contributed by atoms with van der Waals surface area (Å²) in [5, 5.41) is 11.4. The fraction of sp³-hybridized carbons (Fsp3) is 0.946. The number of rotatable bonds is 52. The van der Waals surface area contributed by atoms with Crippen LogP contribution in [0.5, 0.6) is 0 Å². The summed E-state index contributed by atoms with van der Waals surface area (Å²) in [4.78, 5) is 40.7. The first-order valence-corrected chi connectivity index (χ1v) is 27.9. The second-order valence-corrected chi connectivity index (χ2v) is 19.7. The third-order valence-electron chi connectivity index (χ3n) is 13.6. The summed E-state index contributed by atoms with van der Waals surface area (Å²) in [6, 6.07) is 0. The van der Waals surface area contributed by atoms with Crippen molar-refractivity contribution >= 4 is 17.3 Å². The molecule has 1 atom stereocenters. The van der Waals surface area contributed by atoms with Crippen LogP contribution in [0.25, 0.3) is 0 Å². The smallest absolute Gasteiger partial charge is 0.190 e. The lowest BCUT2D eigenvalue weighted by Gasteiger charge is -2.29. The van der Waals surface area contributed by atoms with Gasteiger partial charge in [-0.1, -0.05) is 290 Å². The Morgan fingerprint density at radius 3 is 0.672 bits per heavy atom. The molecule has 0 heterocycles. The molecule has 0 aromatic carbocycles. The lowest BCUT2D eigenvalue weighted by atomic mass is 9.80. The molecule has 0 aliphatic rings. The van der Waals surface area contributed by atoms with E-state index < -0.39 is 17.4 Å². The van der Waals surface area contributed by atoms with Crippen molar-refractivity contribution < 1.29 is 19.5 Å². The van der Waals surface area contributed by atoms with Crippen molar-refractivity contribution in [3.8, 4) is 0 Å². The third kappa shape index (κ3) is 39.1. The van der Waals surface area contributed by atoms with Gasteiger partial charge in [0, 0.05) is 19.3 Å². The third-order valence-corrected chi connectivity index (χ3v) is 13.6. The Kier molecular flexibility index (Phi) is 46.1. The van der Waals surface area contributed by atoms with Gasteiger partial charge in [-0.15, -0.1) is 0 Å². The average molecular weight is 860 g/mol. The lowest BCUT2D eigenvalue weighted by Crippen LogP contribution is -2.59. The Balaban J connectivity index is 4.60. The van der Waals surface area contributed by atoms with Gasteiger partial charge in [-0.25, -0.2) is 0 Å². The van der Waals surface area contributed by atoms with Gasteiger partial charge in [0.05, 0.1) is 0 Å². The molecule has 0 aromatic rings. The molecule has 61 heavy (non-hydrogen) atoms. The molecule has 362 valence electrons. The molecule has 0 bridgehead atoms. The van der Waals surface area contributed by atoms with Crippen LogP contribution in [-0.2, 0) is 14.4 Å². The van der Waals surface area contributed by atoms with E-state index in [-0.39, 0.29) is 30.8 Å². The minimum Gasteiger partial charge on any atom is -0.368 e. The van der Waals surface area contributed by atoms with Crippen LogP contribution in [-0.4, -0.2) is 28.2 Å². The highest BCUT2D eigenvalue weighted by Gasteiger charge is 2.47. The molecular weight excluding hydrogens is 751 g/mol. The van der Waals surface area contributed by atoms with Gasteiger partial charge in [-0.05, 0) is 19.3 Å². The molecular formula is C56H109NO4. The van der Waals surface area contributed by atoms with Crippen LogP contribution in [0.2, 0.25) is 0 Å². The van der Waals surface area contributed by atoms with Gasteiger partial charge in [-0.2, -0.15) is 0 Å². The summed E-state index contributed by atoms with van der Waals surface area (Å²) < 4.78 is 0. The van der Waals surface area contributed by atoms with Crippen LogP contribution in [0.4, 0.5) is 0 Å². The molecule has 3 N–H and O–H groups in total. The molecule has 0 saturated carbocycles. The van der Waals surface area contributed by atoms with Gasteiger partial charge < -0.3 is 5.11 Å². The number of carbonyl (C=O) groups excluding carboxylic acids is 3. The zero-order chi connectivity index (χ0) is 44.8. The second-order valence-electron chi connectivity index (χ2n) is 19.7. The van der Waals surface area contributed by atoms with E-state index in [4.69, 9.17) is 5.73 Å². The highest BCUT2D eigenvalue weighted by molar-refractivity contribution is 6.08. The molecule has 0 amide bonds. The first-order valence-electron chi connectivity index (χ1n) is 27.9. The van der Waals surface area contributed by atoms with Crippen molar-refractivity contribution in [2.45, 2.75) is 335 Å². The fourth-order valence-corrected chi connectivity index (χ4v) is 9.32. The van der Waals surface area contributed by atoms with E-state index in [1.165, 1.54) is 225 Å². The Labute approximate surface area is 381 Å². The number of hydrogen-bond donors (Lipinski definition) is 2. The Morgan fingerprint density at radius 2 is 0.475 bits per heavy atom. The average Bonchev–Trinajstić information content (AvgIpc) is 3.24. The maximum atomic E-state index is 13.6. The number of hydrogen-bond acceptors (Lipinski definition) is 5. The molecule has 0 rings (SSSR count). The highest BCUT2D eigenvalue weighted by atomic mass is 16.3. The van der Waals surface area contributed by atoms with Crippen molar-refractivity contribution in [3.63, 3.8) is 0 Å². The minimum atomic E-state index is -2.41. The van der Waals surface area contributed by atoms with Gasteiger partial charge in [-0.3, -0.25) is 20.1 Å². The summed E-state index contributed by atoms with van der Waals surface area (Å²) in [6.07, 6.45) is 56.4. The molecule has 0 saturated heterocycles. The van der Waals surface area contributed by atoms with Crippen molar-refractivity contribution in [1.29, 1.82) is 0 Å². The first kappa shape index (κ1) is 59.9. The predicted octanol–water partition coefficient (Wildman–Crippen LogP) is 17.7. The number of carbonyl (C=O) groups is 3. The largest absolute Gasteiger partial charge is 0.368 e. The number of unbranched alkanes of at least 4 members (excludes halogenated alkanes) is 42. The van der Waals surface area contributed by atoms with Gasteiger partial charge in [0.15, 0.2) is 11.5 Å². The topological polar surface area (TPSA) is 97.5 Å². The van der Waals surface area contributed by atoms with Gasteiger partial charge in [0.2, 0.25) is 0 Å². The summed E-state index contributed by atoms with van der Waals surface area (Å²) >= 11 is 0. The van der Waals surface area contributed by atoms with Crippen LogP contribution < -0.4 is 5.73 Å². The zero-order valence-electron chi connectivity index (χ0n) is 41.8. The van der Waals surface area contributed by atoms with Crippen molar-refractivity contribution in [1.82, 2.24) is 0 Å². The van der Waals surface area contributed by atoms with Crippen molar-refractivity contribution in [2.24, 2.45) is 11.7 Å². The molecule has 5 nitrogen and oxygen atoms in total. The van der Waals surface area contributed by atoms with Crippen LogP contribution in [0.1, 0.15) is 329 Å².